The van der Waals surface area contributed by atoms with Gasteiger partial charge >= 0.3 is 10.1 Å². The lowest BCUT2D eigenvalue weighted by molar-refractivity contribution is -0.127. The highest BCUT2D eigenvalue weighted by molar-refractivity contribution is 8.18. The van der Waals surface area contributed by atoms with Crippen LogP contribution >= 0.6 is 11.8 Å². The van der Waals surface area contributed by atoms with E-state index < -0.39 is 33.7 Å². The predicted molar refractivity (Wildman–Crippen MR) is 140 cm³/mol. The van der Waals surface area contributed by atoms with Gasteiger partial charge in [-0.1, -0.05) is 42.0 Å². The van der Waals surface area contributed by atoms with Crippen molar-refractivity contribution in [3.8, 4) is 11.5 Å². The summed E-state index contributed by atoms with van der Waals surface area (Å²) in [4.78, 5) is 38.5. The van der Waals surface area contributed by atoms with E-state index in [0.717, 1.165) is 10.5 Å². The first-order valence-electron chi connectivity index (χ1n) is 11.0. The number of anilines is 1. The van der Waals surface area contributed by atoms with E-state index in [-0.39, 0.29) is 21.3 Å². The van der Waals surface area contributed by atoms with E-state index in [0.29, 0.717) is 23.0 Å². The number of ether oxygens (including phenoxy) is 1. The van der Waals surface area contributed by atoms with Crippen molar-refractivity contribution in [1.82, 2.24) is 4.90 Å². The Kier molecular flexibility index (Phi) is 7.65. The van der Waals surface area contributed by atoms with Crippen LogP contribution < -0.4 is 14.2 Å². The summed E-state index contributed by atoms with van der Waals surface area (Å²) in [5.74, 6) is -1.04. The van der Waals surface area contributed by atoms with Gasteiger partial charge in [-0.25, -0.2) is 0 Å². The fourth-order valence-corrected chi connectivity index (χ4v) is 5.15. The Hall–Kier alpha value is -4.09. The largest absolute Gasteiger partial charge is 0.493 e. The van der Waals surface area contributed by atoms with Crippen molar-refractivity contribution in [3.05, 3.63) is 88.8 Å². The first-order chi connectivity index (χ1) is 17.7. The van der Waals surface area contributed by atoms with Gasteiger partial charge in [0.05, 0.1) is 12.0 Å². The molecule has 0 unspecified atom stereocenters. The second-order valence-corrected chi connectivity index (χ2v) is 10.5. The highest BCUT2D eigenvalue weighted by Gasteiger charge is 2.36. The molecule has 0 saturated carbocycles. The molecule has 190 valence electrons. The standard InChI is InChI=1S/C26H22N2O7S2/c1-17-8-11-20(12-9-17)37(32,33)35-21-13-10-18(14-22(21)34-2)15-23-25(30)28(26(31)36-23)16-24(29)27-19-6-4-3-5-7-19/h3-15H,16H2,1-2H3,(H,27,29)/b23-15-. The zero-order valence-corrected chi connectivity index (χ0v) is 21.5. The van der Waals surface area contributed by atoms with Crippen LogP contribution in [0.3, 0.4) is 0 Å². The van der Waals surface area contributed by atoms with Crippen LogP contribution in [-0.2, 0) is 19.7 Å². The maximum Gasteiger partial charge on any atom is 0.339 e. The molecule has 0 spiro atoms. The number of hydrogen-bond donors (Lipinski definition) is 1. The van der Waals surface area contributed by atoms with Gasteiger partial charge in [-0.2, -0.15) is 8.42 Å². The van der Waals surface area contributed by atoms with E-state index in [2.05, 4.69) is 5.32 Å². The smallest absolute Gasteiger partial charge is 0.339 e. The molecule has 0 aliphatic carbocycles. The van der Waals surface area contributed by atoms with Gasteiger partial charge in [-0.3, -0.25) is 19.3 Å². The zero-order chi connectivity index (χ0) is 26.6. The number of thioether (sulfide) groups is 1. The van der Waals surface area contributed by atoms with E-state index in [4.69, 9.17) is 8.92 Å². The molecular weight excluding hydrogens is 516 g/mol. The van der Waals surface area contributed by atoms with Gasteiger partial charge < -0.3 is 14.2 Å². The lowest BCUT2D eigenvalue weighted by Gasteiger charge is -2.12. The Bertz CT molecular complexity index is 1490. The molecule has 3 aromatic rings. The Morgan fingerprint density at radius 3 is 2.38 bits per heavy atom. The van der Waals surface area contributed by atoms with Gasteiger partial charge in [0.2, 0.25) is 5.91 Å². The maximum absolute atomic E-state index is 12.8. The summed E-state index contributed by atoms with van der Waals surface area (Å²) in [6.07, 6.45) is 1.46. The third-order valence-corrected chi connectivity index (χ3v) is 7.38. The molecule has 0 atom stereocenters. The van der Waals surface area contributed by atoms with Gasteiger partial charge in [0.25, 0.3) is 11.1 Å². The number of carbonyl (C=O) groups excluding carboxylic acids is 3. The molecule has 37 heavy (non-hydrogen) atoms. The van der Waals surface area contributed by atoms with Crippen LogP contribution in [0.2, 0.25) is 0 Å². The summed E-state index contributed by atoms with van der Waals surface area (Å²) in [7, 11) is -2.75. The molecule has 1 fully saturated rings. The number of amides is 3. The van der Waals surface area contributed by atoms with Crippen molar-refractivity contribution in [2.45, 2.75) is 11.8 Å². The number of rotatable bonds is 8. The number of nitrogens with zero attached hydrogens (tertiary/aromatic N) is 1. The van der Waals surface area contributed by atoms with Crippen LogP contribution in [0.25, 0.3) is 6.08 Å². The minimum absolute atomic E-state index is 0.00537. The Morgan fingerprint density at radius 1 is 1.00 bits per heavy atom. The highest BCUT2D eigenvalue weighted by atomic mass is 32.2. The summed E-state index contributed by atoms with van der Waals surface area (Å²) in [6.45, 7) is 1.41. The minimum atomic E-state index is -4.10. The van der Waals surface area contributed by atoms with E-state index >= 15 is 0 Å². The lowest BCUT2D eigenvalue weighted by atomic mass is 10.2. The molecule has 1 saturated heterocycles. The van der Waals surface area contributed by atoms with Crippen LogP contribution in [0.4, 0.5) is 10.5 Å². The molecule has 11 heteroatoms. The summed E-state index contributed by atoms with van der Waals surface area (Å²) in [6, 6.07) is 19.3. The van der Waals surface area contributed by atoms with Crippen molar-refractivity contribution in [1.29, 1.82) is 0 Å². The van der Waals surface area contributed by atoms with Crippen LogP contribution in [0.5, 0.6) is 11.5 Å². The van der Waals surface area contributed by atoms with Gasteiger partial charge in [0.15, 0.2) is 11.5 Å². The number of hydrogen-bond acceptors (Lipinski definition) is 8. The number of aryl methyl sites for hydroxylation is 1. The first kappa shape index (κ1) is 26.0. The highest BCUT2D eigenvalue weighted by Crippen LogP contribution is 2.35. The van der Waals surface area contributed by atoms with Crippen LogP contribution in [-0.4, -0.2) is 44.0 Å². The summed E-state index contributed by atoms with van der Waals surface area (Å²) in [5.41, 5.74) is 1.92. The lowest BCUT2D eigenvalue weighted by Crippen LogP contribution is -2.36. The van der Waals surface area contributed by atoms with Crippen LogP contribution in [0.15, 0.2) is 82.6 Å². The van der Waals surface area contributed by atoms with E-state index in [1.165, 1.54) is 43.5 Å². The van der Waals surface area contributed by atoms with Crippen molar-refractivity contribution in [2.24, 2.45) is 0 Å². The SMILES string of the molecule is COc1cc(/C=C2\SC(=O)N(CC(=O)Nc3ccccc3)C2=O)ccc1OS(=O)(=O)c1ccc(C)cc1. The van der Waals surface area contributed by atoms with E-state index in [9.17, 15) is 22.8 Å². The normalized spacial score (nSPS) is 14.6. The molecule has 9 nitrogen and oxygen atoms in total. The molecule has 1 aliphatic heterocycles. The molecule has 4 rings (SSSR count). The Labute approximate surface area is 218 Å². The zero-order valence-electron chi connectivity index (χ0n) is 19.8. The number of imide groups is 1. The molecule has 3 amide bonds. The molecule has 0 radical (unpaired) electrons. The molecule has 1 aliphatic rings. The monoisotopic (exact) mass is 538 g/mol. The average molecular weight is 539 g/mol. The fourth-order valence-electron chi connectivity index (χ4n) is 3.37. The molecular formula is C26H22N2O7S2. The number of nitrogens with one attached hydrogen (secondary N) is 1. The molecule has 0 aromatic heterocycles. The van der Waals surface area contributed by atoms with Gasteiger partial charge in [0, 0.05) is 5.69 Å². The van der Waals surface area contributed by atoms with E-state index in [1.807, 2.05) is 6.92 Å². The molecule has 3 aromatic carbocycles. The average Bonchev–Trinajstić information content (AvgIpc) is 3.12. The van der Waals surface area contributed by atoms with Crippen molar-refractivity contribution < 1.29 is 31.7 Å². The van der Waals surface area contributed by atoms with Gasteiger partial charge in [-0.05, 0) is 66.7 Å². The van der Waals surface area contributed by atoms with Crippen LogP contribution in [0.1, 0.15) is 11.1 Å². The van der Waals surface area contributed by atoms with Crippen LogP contribution in [0, 0.1) is 6.92 Å². The number of benzene rings is 3. The second kappa shape index (κ2) is 10.9. The van der Waals surface area contributed by atoms with Gasteiger partial charge in [0.1, 0.15) is 11.4 Å². The molecule has 1 N–H and O–H groups in total. The third-order valence-electron chi connectivity index (χ3n) is 5.23. The molecule has 0 bridgehead atoms. The summed E-state index contributed by atoms with van der Waals surface area (Å²) < 4.78 is 35.9. The van der Waals surface area contributed by atoms with Gasteiger partial charge in [-0.15, -0.1) is 0 Å². The topological polar surface area (TPSA) is 119 Å². The first-order valence-corrected chi connectivity index (χ1v) is 13.2. The van der Waals surface area contributed by atoms with Crippen molar-refractivity contribution in [3.63, 3.8) is 0 Å². The second-order valence-electron chi connectivity index (χ2n) is 7.94. The quantitative estimate of drug-likeness (QED) is 0.330. The van der Waals surface area contributed by atoms with Crippen molar-refractivity contribution >= 4 is 50.7 Å². The summed E-state index contributed by atoms with van der Waals surface area (Å²) >= 11 is 0.702. The van der Waals surface area contributed by atoms with Crippen molar-refractivity contribution in [2.75, 3.05) is 19.0 Å². The predicted octanol–water partition coefficient (Wildman–Crippen LogP) is 4.45. The van der Waals surface area contributed by atoms with E-state index in [1.54, 1.807) is 42.5 Å². The Morgan fingerprint density at radius 2 is 1.70 bits per heavy atom. The number of para-hydroxylation sites is 1. The fraction of sp³-hybridized carbons (Fsp3) is 0.115. The summed E-state index contributed by atoms with van der Waals surface area (Å²) in [5, 5.41) is 2.06. The third kappa shape index (κ3) is 6.19. The number of methoxy groups -OCH3 is 1. The molecule has 1 heterocycles. The number of carbonyl (C=O) groups is 3. The Balaban J connectivity index is 1.49. The minimum Gasteiger partial charge on any atom is -0.493 e. The maximum atomic E-state index is 12.8.